The molecule has 150 valence electrons. The molecule has 1 aromatic heterocycles. The summed E-state index contributed by atoms with van der Waals surface area (Å²) in [5.74, 6) is 2.31. The maximum Gasteiger partial charge on any atom is 0.226 e. The van der Waals surface area contributed by atoms with E-state index in [-0.39, 0.29) is 12.6 Å². The van der Waals surface area contributed by atoms with Gasteiger partial charge in [0.05, 0.1) is 6.61 Å². The summed E-state index contributed by atoms with van der Waals surface area (Å²) >= 11 is 0. The van der Waals surface area contributed by atoms with E-state index in [0.29, 0.717) is 19.4 Å². The number of nitrogens with zero attached hydrogens (tertiary/aromatic N) is 3. The number of fused-ring (bicyclic) bond motifs is 1. The van der Waals surface area contributed by atoms with Gasteiger partial charge >= 0.3 is 0 Å². The van der Waals surface area contributed by atoms with Gasteiger partial charge in [-0.25, -0.2) is 4.68 Å². The fraction of sp³-hybridized carbons (Fsp3) is 0.304. The molecule has 2 aromatic carbocycles. The Bertz CT molecular complexity index is 991. The first-order valence-corrected chi connectivity index (χ1v) is 10.0. The highest BCUT2D eigenvalue weighted by molar-refractivity contribution is 5.77. The minimum Gasteiger partial charge on any atom is -0.494 e. The second kappa shape index (κ2) is 8.49. The number of rotatable bonds is 7. The molecule has 1 atom stereocenters. The molecule has 0 saturated carbocycles. The number of nitrogens with one attached hydrogen (secondary N) is 1. The summed E-state index contributed by atoms with van der Waals surface area (Å²) in [6, 6.07) is 16.5. The van der Waals surface area contributed by atoms with E-state index >= 15 is 0 Å². The van der Waals surface area contributed by atoms with Crippen molar-refractivity contribution >= 4 is 11.6 Å². The smallest absolute Gasteiger partial charge is 0.226 e. The summed E-state index contributed by atoms with van der Waals surface area (Å²) in [6.07, 6.45) is 3.47. The molecule has 0 spiro atoms. The summed E-state index contributed by atoms with van der Waals surface area (Å²) in [7, 11) is 0. The monoisotopic (exact) mass is 390 g/mol. The van der Waals surface area contributed by atoms with E-state index in [1.54, 1.807) is 0 Å². The first-order chi connectivity index (χ1) is 14.2. The van der Waals surface area contributed by atoms with Gasteiger partial charge in [0, 0.05) is 18.7 Å². The standard InChI is InChI=1S/C23H26N4O2/c1-3-29-19-12-10-18(11-13-19)21-15-20(17-8-6-16(2)7-9-17)24-23-25-22(5-4-14-28)26-27(21)23/h6-13,15,21,28H,3-5,14H2,1-2H3,(H,24,25,26)/t21-/m0/s1. The van der Waals surface area contributed by atoms with Gasteiger partial charge in [-0.15, -0.1) is 0 Å². The van der Waals surface area contributed by atoms with Crippen LogP contribution in [0.2, 0.25) is 0 Å². The van der Waals surface area contributed by atoms with Gasteiger partial charge in [-0.3, -0.25) is 0 Å². The molecule has 29 heavy (non-hydrogen) atoms. The molecule has 0 fully saturated rings. The van der Waals surface area contributed by atoms with Gasteiger partial charge in [-0.2, -0.15) is 10.1 Å². The Hall–Kier alpha value is -3.12. The lowest BCUT2D eigenvalue weighted by atomic mass is 10.0. The number of aryl methyl sites for hydroxylation is 2. The number of allylic oxidation sites excluding steroid dienone is 1. The number of hydrogen-bond acceptors (Lipinski definition) is 5. The van der Waals surface area contributed by atoms with Crippen molar-refractivity contribution in [1.29, 1.82) is 0 Å². The van der Waals surface area contributed by atoms with Crippen LogP contribution in [0.25, 0.3) is 5.70 Å². The van der Waals surface area contributed by atoms with Crippen molar-refractivity contribution in [2.75, 3.05) is 18.5 Å². The lowest BCUT2D eigenvalue weighted by molar-refractivity contribution is 0.287. The van der Waals surface area contributed by atoms with E-state index in [1.165, 1.54) is 5.56 Å². The molecule has 1 aliphatic heterocycles. The van der Waals surface area contributed by atoms with E-state index in [9.17, 15) is 0 Å². The molecule has 2 heterocycles. The first kappa shape index (κ1) is 19.2. The Kier molecular flexibility index (Phi) is 5.62. The Morgan fingerprint density at radius 1 is 1.10 bits per heavy atom. The van der Waals surface area contributed by atoms with Crippen molar-refractivity contribution in [2.24, 2.45) is 0 Å². The third-order valence-electron chi connectivity index (χ3n) is 4.96. The third-order valence-corrected chi connectivity index (χ3v) is 4.96. The fourth-order valence-corrected chi connectivity index (χ4v) is 3.45. The summed E-state index contributed by atoms with van der Waals surface area (Å²) in [5.41, 5.74) is 4.46. The highest BCUT2D eigenvalue weighted by Crippen LogP contribution is 2.33. The Labute approximate surface area is 170 Å². The number of hydrogen-bond donors (Lipinski definition) is 2. The van der Waals surface area contributed by atoms with Crippen LogP contribution in [0, 0.1) is 6.92 Å². The minimum absolute atomic E-state index is 0.0754. The van der Waals surface area contributed by atoms with Crippen LogP contribution in [0.15, 0.2) is 54.6 Å². The summed E-state index contributed by atoms with van der Waals surface area (Å²) in [5, 5.41) is 17.3. The van der Waals surface area contributed by atoms with Gasteiger partial charge in [0.2, 0.25) is 5.95 Å². The number of anilines is 1. The Balaban J connectivity index is 1.72. The number of aromatic nitrogens is 3. The van der Waals surface area contributed by atoms with Crippen LogP contribution in [0.4, 0.5) is 5.95 Å². The predicted molar refractivity (Wildman–Crippen MR) is 114 cm³/mol. The average Bonchev–Trinajstić information content (AvgIpc) is 3.16. The van der Waals surface area contributed by atoms with Crippen LogP contribution in [0.1, 0.15) is 41.9 Å². The molecular weight excluding hydrogens is 364 g/mol. The molecule has 6 heteroatoms. The van der Waals surface area contributed by atoms with Gasteiger partial charge in [-0.1, -0.05) is 42.0 Å². The van der Waals surface area contributed by atoms with E-state index in [1.807, 2.05) is 23.7 Å². The highest BCUT2D eigenvalue weighted by Gasteiger charge is 2.25. The minimum atomic E-state index is -0.0754. The third kappa shape index (κ3) is 4.17. The number of ether oxygens (including phenoxy) is 1. The van der Waals surface area contributed by atoms with Gasteiger partial charge in [0.1, 0.15) is 11.8 Å². The van der Waals surface area contributed by atoms with E-state index < -0.39 is 0 Å². The molecule has 3 aromatic rings. The van der Waals surface area contributed by atoms with E-state index in [0.717, 1.165) is 34.3 Å². The van der Waals surface area contributed by atoms with Gasteiger partial charge < -0.3 is 15.2 Å². The van der Waals surface area contributed by atoms with Crippen molar-refractivity contribution in [3.63, 3.8) is 0 Å². The molecule has 6 nitrogen and oxygen atoms in total. The van der Waals surface area contributed by atoms with Crippen molar-refractivity contribution in [2.45, 2.75) is 32.7 Å². The molecular formula is C23H26N4O2. The highest BCUT2D eigenvalue weighted by atomic mass is 16.5. The van der Waals surface area contributed by atoms with Crippen molar-refractivity contribution in [3.05, 3.63) is 77.1 Å². The summed E-state index contributed by atoms with van der Waals surface area (Å²) in [6.45, 7) is 4.84. The summed E-state index contributed by atoms with van der Waals surface area (Å²) in [4.78, 5) is 4.67. The first-order valence-electron chi connectivity index (χ1n) is 10.0. The van der Waals surface area contributed by atoms with E-state index in [2.05, 4.69) is 59.7 Å². The van der Waals surface area contributed by atoms with Crippen molar-refractivity contribution < 1.29 is 9.84 Å². The molecule has 0 unspecified atom stereocenters. The zero-order valence-electron chi connectivity index (χ0n) is 16.8. The molecule has 0 radical (unpaired) electrons. The van der Waals surface area contributed by atoms with Crippen LogP contribution >= 0.6 is 0 Å². The molecule has 0 saturated heterocycles. The molecule has 2 N–H and O–H groups in total. The molecule has 0 bridgehead atoms. The zero-order chi connectivity index (χ0) is 20.2. The normalized spacial score (nSPS) is 15.4. The number of aliphatic hydroxyl groups is 1. The predicted octanol–water partition coefficient (Wildman–Crippen LogP) is 3.97. The molecule has 4 rings (SSSR count). The zero-order valence-corrected chi connectivity index (χ0v) is 16.8. The lowest BCUT2D eigenvalue weighted by Crippen LogP contribution is -2.20. The SMILES string of the molecule is CCOc1ccc([C@@H]2C=C(c3ccc(C)cc3)Nc3nc(CCCO)nn32)cc1. The van der Waals surface area contributed by atoms with Crippen LogP contribution in [0.3, 0.4) is 0 Å². The second-order valence-corrected chi connectivity index (χ2v) is 7.14. The van der Waals surface area contributed by atoms with Gasteiger partial charge in [0.25, 0.3) is 0 Å². The van der Waals surface area contributed by atoms with Crippen LogP contribution in [-0.4, -0.2) is 33.1 Å². The van der Waals surface area contributed by atoms with E-state index in [4.69, 9.17) is 14.9 Å². The summed E-state index contributed by atoms with van der Waals surface area (Å²) < 4.78 is 7.50. The molecule has 0 amide bonds. The maximum absolute atomic E-state index is 9.14. The van der Waals surface area contributed by atoms with Gasteiger partial charge in [0.15, 0.2) is 5.82 Å². The lowest BCUT2D eigenvalue weighted by Gasteiger charge is -2.24. The second-order valence-electron chi connectivity index (χ2n) is 7.14. The molecule has 1 aliphatic rings. The number of aliphatic hydroxyl groups excluding tert-OH is 1. The van der Waals surface area contributed by atoms with Crippen LogP contribution < -0.4 is 10.1 Å². The van der Waals surface area contributed by atoms with Crippen molar-refractivity contribution in [3.8, 4) is 5.75 Å². The Morgan fingerprint density at radius 3 is 2.55 bits per heavy atom. The number of benzene rings is 2. The fourth-order valence-electron chi connectivity index (χ4n) is 3.45. The van der Waals surface area contributed by atoms with Crippen molar-refractivity contribution in [1.82, 2.24) is 14.8 Å². The maximum atomic E-state index is 9.14. The van der Waals surface area contributed by atoms with Gasteiger partial charge in [-0.05, 0) is 49.6 Å². The quantitative estimate of drug-likeness (QED) is 0.639. The van der Waals surface area contributed by atoms with Crippen LogP contribution in [0.5, 0.6) is 5.75 Å². The molecule has 0 aliphatic carbocycles. The average molecular weight is 390 g/mol. The Morgan fingerprint density at radius 2 is 1.86 bits per heavy atom. The topological polar surface area (TPSA) is 72.2 Å². The van der Waals surface area contributed by atoms with Crippen LogP contribution in [-0.2, 0) is 6.42 Å². The largest absolute Gasteiger partial charge is 0.494 e.